The number of carbonyl (C=O) groups excluding carboxylic acids is 1. The van der Waals surface area contributed by atoms with Gasteiger partial charge in [0, 0.05) is 5.56 Å². The highest BCUT2D eigenvalue weighted by Crippen LogP contribution is 2.11. The van der Waals surface area contributed by atoms with Crippen molar-refractivity contribution in [2.24, 2.45) is 5.10 Å². The van der Waals surface area contributed by atoms with Gasteiger partial charge >= 0.3 is 0 Å². The minimum atomic E-state index is -0.308. The summed E-state index contributed by atoms with van der Waals surface area (Å²) in [6, 6.07) is 14.3. The third-order valence-corrected chi connectivity index (χ3v) is 3.18. The van der Waals surface area contributed by atoms with E-state index in [0.717, 1.165) is 11.0 Å². The van der Waals surface area contributed by atoms with Crippen molar-refractivity contribution in [1.29, 1.82) is 0 Å². The Kier molecular flexibility index (Phi) is 4.24. The topological polar surface area (TPSA) is 76.5 Å². The Morgan fingerprint density at radius 3 is 2.61 bits per heavy atom. The normalized spacial score (nSPS) is 10.8. The van der Waals surface area contributed by atoms with Gasteiger partial charge < -0.3 is 4.74 Å². The maximum absolute atomic E-state index is 11.9. The van der Waals surface area contributed by atoms with Crippen LogP contribution < -0.4 is 10.2 Å². The van der Waals surface area contributed by atoms with Crippen molar-refractivity contribution in [2.75, 3.05) is 7.11 Å². The molecular weight excluding hydrogens is 292 g/mol. The van der Waals surface area contributed by atoms with Crippen molar-refractivity contribution in [2.45, 2.75) is 0 Å². The number of nitrogens with zero attached hydrogens (tertiary/aromatic N) is 3. The molecule has 1 N–H and O–H groups in total. The van der Waals surface area contributed by atoms with Crippen molar-refractivity contribution in [3.05, 3.63) is 66.0 Å². The maximum atomic E-state index is 11.9. The summed E-state index contributed by atoms with van der Waals surface area (Å²) in [4.78, 5) is 20.6. The predicted molar refractivity (Wildman–Crippen MR) is 87.6 cm³/mol. The van der Waals surface area contributed by atoms with Gasteiger partial charge in [-0.25, -0.2) is 10.4 Å². The number of benzene rings is 2. The van der Waals surface area contributed by atoms with Gasteiger partial charge in [-0.2, -0.15) is 5.10 Å². The molecule has 1 heterocycles. The van der Waals surface area contributed by atoms with Crippen LogP contribution in [-0.4, -0.2) is 29.2 Å². The molecule has 0 saturated carbocycles. The molecule has 0 bridgehead atoms. The smallest absolute Gasteiger partial charge is 0.271 e. The largest absolute Gasteiger partial charge is 0.497 e. The third kappa shape index (κ3) is 3.49. The lowest BCUT2D eigenvalue weighted by molar-refractivity contribution is 0.0955. The van der Waals surface area contributed by atoms with Gasteiger partial charge in [0.1, 0.15) is 11.4 Å². The molecule has 0 saturated heterocycles. The van der Waals surface area contributed by atoms with Crippen molar-refractivity contribution in [3.63, 3.8) is 0 Å². The molecule has 2 aromatic carbocycles. The Bertz CT molecular complexity index is 860. The van der Waals surface area contributed by atoms with E-state index in [0.29, 0.717) is 17.0 Å². The number of hydrazone groups is 1. The summed E-state index contributed by atoms with van der Waals surface area (Å²) in [5, 5.41) is 3.91. The summed E-state index contributed by atoms with van der Waals surface area (Å²) in [5.41, 5.74) is 5.10. The standard InChI is InChI=1S/C17H14N4O2/c1-23-14-8-6-12(7-9-14)17(22)21-19-11-13-10-18-15-4-2-3-5-16(15)20-13/h2-11H,1H3,(H,21,22)/b19-11-. The molecule has 1 aromatic heterocycles. The molecule has 0 aliphatic rings. The first kappa shape index (κ1) is 14.6. The molecule has 0 radical (unpaired) electrons. The first-order chi connectivity index (χ1) is 11.3. The minimum Gasteiger partial charge on any atom is -0.497 e. The summed E-state index contributed by atoms with van der Waals surface area (Å²) >= 11 is 0. The number of methoxy groups -OCH3 is 1. The van der Waals surface area contributed by atoms with Crippen molar-refractivity contribution in [1.82, 2.24) is 15.4 Å². The minimum absolute atomic E-state index is 0.308. The molecule has 6 heteroatoms. The second-order valence-corrected chi connectivity index (χ2v) is 4.71. The number of hydrogen-bond donors (Lipinski definition) is 1. The number of amides is 1. The van der Waals surface area contributed by atoms with E-state index >= 15 is 0 Å². The van der Waals surface area contributed by atoms with Gasteiger partial charge in [-0.15, -0.1) is 0 Å². The van der Waals surface area contributed by atoms with E-state index in [2.05, 4.69) is 20.5 Å². The van der Waals surface area contributed by atoms with Crippen LogP contribution in [0.4, 0.5) is 0 Å². The Morgan fingerprint density at radius 2 is 1.87 bits per heavy atom. The molecule has 3 aromatic rings. The van der Waals surface area contributed by atoms with Gasteiger partial charge in [0.15, 0.2) is 0 Å². The second kappa shape index (κ2) is 6.65. The van der Waals surface area contributed by atoms with E-state index < -0.39 is 0 Å². The average molecular weight is 306 g/mol. The Labute approximate surface area is 132 Å². The van der Waals surface area contributed by atoms with Gasteiger partial charge in [0.25, 0.3) is 5.91 Å². The third-order valence-electron chi connectivity index (χ3n) is 3.18. The monoisotopic (exact) mass is 306 g/mol. The first-order valence-electron chi connectivity index (χ1n) is 6.95. The van der Waals surface area contributed by atoms with Crippen LogP contribution in [-0.2, 0) is 0 Å². The molecule has 0 fully saturated rings. The zero-order valence-electron chi connectivity index (χ0n) is 12.4. The second-order valence-electron chi connectivity index (χ2n) is 4.71. The molecule has 3 rings (SSSR count). The van der Waals surface area contributed by atoms with Crippen molar-refractivity contribution in [3.8, 4) is 5.75 Å². The highest BCUT2D eigenvalue weighted by atomic mass is 16.5. The van der Waals surface area contributed by atoms with Crippen LogP contribution in [0.3, 0.4) is 0 Å². The van der Waals surface area contributed by atoms with E-state index in [1.165, 1.54) is 6.21 Å². The molecule has 0 aliphatic carbocycles. The van der Waals surface area contributed by atoms with E-state index in [1.807, 2.05) is 24.3 Å². The lowest BCUT2D eigenvalue weighted by atomic mass is 10.2. The van der Waals surface area contributed by atoms with E-state index in [4.69, 9.17) is 4.74 Å². The molecule has 0 aliphatic heterocycles. The summed E-state index contributed by atoms with van der Waals surface area (Å²) < 4.78 is 5.05. The highest BCUT2D eigenvalue weighted by molar-refractivity contribution is 5.95. The number of fused-ring (bicyclic) bond motifs is 1. The van der Waals surface area contributed by atoms with Crippen molar-refractivity contribution < 1.29 is 9.53 Å². The number of carbonyl (C=O) groups is 1. The van der Waals surface area contributed by atoms with Gasteiger partial charge in [-0.1, -0.05) is 12.1 Å². The molecule has 0 atom stereocenters. The maximum Gasteiger partial charge on any atom is 0.271 e. The van der Waals surface area contributed by atoms with Crippen LogP contribution in [0, 0.1) is 0 Å². The predicted octanol–water partition coefficient (Wildman–Crippen LogP) is 2.40. The van der Waals surface area contributed by atoms with Crippen molar-refractivity contribution >= 4 is 23.2 Å². The van der Waals surface area contributed by atoms with Gasteiger partial charge in [0.2, 0.25) is 0 Å². The molecule has 1 amide bonds. The quantitative estimate of drug-likeness (QED) is 0.593. The van der Waals surface area contributed by atoms with E-state index in [-0.39, 0.29) is 5.91 Å². The average Bonchev–Trinajstić information content (AvgIpc) is 2.61. The van der Waals surface area contributed by atoms with Gasteiger partial charge in [0.05, 0.1) is 30.6 Å². The SMILES string of the molecule is COc1ccc(C(=O)N/N=C\c2cnc3ccccc3n2)cc1. The van der Waals surface area contributed by atoms with E-state index in [1.54, 1.807) is 37.6 Å². The Morgan fingerprint density at radius 1 is 1.13 bits per heavy atom. The molecule has 6 nitrogen and oxygen atoms in total. The summed E-state index contributed by atoms with van der Waals surface area (Å²) in [7, 11) is 1.57. The lowest BCUT2D eigenvalue weighted by Crippen LogP contribution is -2.17. The summed E-state index contributed by atoms with van der Waals surface area (Å²) in [5.74, 6) is 0.383. The van der Waals surface area contributed by atoms with Crippen LogP contribution in [0.15, 0.2) is 59.8 Å². The number of aromatic nitrogens is 2. The van der Waals surface area contributed by atoms with Crippen LogP contribution >= 0.6 is 0 Å². The summed E-state index contributed by atoms with van der Waals surface area (Å²) in [6.45, 7) is 0. The van der Waals surface area contributed by atoms with E-state index in [9.17, 15) is 4.79 Å². The fourth-order valence-corrected chi connectivity index (χ4v) is 2.00. The fourth-order valence-electron chi connectivity index (χ4n) is 2.00. The number of nitrogens with one attached hydrogen (secondary N) is 1. The van der Waals surface area contributed by atoms with Gasteiger partial charge in [-0.05, 0) is 36.4 Å². The Hall–Kier alpha value is -3.28. The zero-order valence-corrected chi connectivity index (χ0v) is 12.4. The molecule has 0 unspecified atom stereocenters. The molecular formula is C17H14N4O2. The number of ether oxygens (including phenoxy) is 1. The molecule has 23 heavy (non-hydrogen) atoms. The van der Waals surface area contributed by atoms with Crippen LogP contribution in [0.25, 0.3) is 11.0 Å². The Balaban J connectivity index is 1.68. The fraction of sp³-hybridized carbons (Fsp3) is 0.0588. The lowest BCUT2D eigenvalue weighted by Gasteiger charge is -2.02. The first-order valence-corrected chi connectivity index (χ1v) is 6.95. The molecule has 0 spiro atoms. The number of para-hydroxylation sites is 2. The van der Waals surface area contributed by atoms with Crippen LogP contribution in [0.2, 0.25) is 0 Å². The number of rotatable bonds is 4. The molecule has 114 valence electrons. The summed E-state index contributed by atoms with van der Waals surface area (Å²) in [6.07, 6.45) is 3.06. The zero-order chi connectivity index (χ0) is 16.1. The van der Waals surface area contributed by atoms with Crippen LogP contribution in [0.5, 0.6) is 5.75 Å². The van der Waals surface area contributed by atoms with Gasteiger partial charge in [-0.3, -0.25) is 9.78 Å². The van der Waals surface area contributed by atoms with Crippen LogP contribution in [0.1, 0.15) is 16.1 Å². The highest BCUT2D eigenvalue weighted by Gasteiger charge is 2.04. The number of hydrogen-bond acceptors (Lipinski definition) is 5.